The molecule has 0 aliphatic carbocycles. The van der Waals surface area contributed by atoms with Crippen molar-refractivity contribution in [1.29, 1.82) is 0 Å². The van der Waals surface area contributed by atoms with Gasteiger partial charge in [0.25, 0.3) is 5.91 Å². The van der Waals surface area contributed by atoms with Crippen molar-refractivity contribution in [3.8, 4) is 0 Å². The molecular weight excluding hydrogens is 249 g/mol. The van der Waals surface area contributed by atoms with E-state index in [2.05, 4.69) is 5.32 Å². The van der Waals surface area contributed by atoms with Crippen molar-refractivity contribution in [1.82, 2.24) is 5.32 Å². The molecule has 0 saturated carbocycles. The van der Waals surface area contributed by atoms with Crippen LogP contribution in [0.3, 0.4) is 0 Å². The van der Waals surface area contributed by atoms with E-state index in [1.807, 2.05) is 0 Å². The summed E-state index contributed by atoms with van der Waals surface area (Å²) in [5, 5.41) is 11.1. The summed E-state index contributed by atoms with van der Waals surface area (Å²) >= 11 is 0. The highest BCUT2D eigenvalue weighted by Gasteiger charge is 2.10. The number of aryl methyl sites for hydroxylation is 1. The van der Waals surface area contributed by atoms with Gasteiger partial charge in [-0.05, 0) is 37.5 Å². The molecule has 0 bridgehead atoms. The molecule has 19 heavy (non-hydrogen) atoms. The average Bonchev–Trinajstić information content (AvgIpc) is 2.32. The molecule has 1 aromatic rings. The second-order valence-electron chi connectivity index (χ2n) is 4.44. The number of amides is 1. The van der Waals surface area contributed by atoms with Crippen LogP contribution < -0.4 is 5.32 Å². The van der Waals surface area contributed by atoms with Crippen LogP contribution in [0.15, 0.2) is 18.2 Å². The molecule has 5 heteroatoms. The standard InChI is InChI=1S/C14H18FNO3/c1-10-6-7-11(12(15)9-10)14(19)16-8-4-2-3-5-13(17)18/h6-7,9H,2-5,8H2,1H3,(H,16,19)(H,17,18). The fourth-order valence-electron chi connectivity index (χ4n) is 1.68. The van der Waals surface area contributed by atoms with Gasteiger partial charge in [0.15, 0.2) is 0 Å². The van der Waals surface area contributed by atoms with Gasteiger partial charge in [0.05, 0.1) is 5.56 Å². The van der Waals surface area contributed by atoms with Crippen molar-refractivity contribution >= 4 is 11.9 Å². The number of unbranched alkanes of at least 4 members (excludes halogenated alkanes) is 2. The number of aliphatic carboxylic acids is 1. The molecule has 0 aliphatic heterocycles. The molecule has 104 valence electrons. The van der Waals surface area contributed by atoms with E-state index in [9.17, 15) is 14.0 Å². The van der Waals surface area contributed by atoms with Crippen molar-refractivity contribution in [2.45, 2.75) is 32.6 Å². The zero-order valence-corrected chi connectivity index (χ0v) is 10.9. The van der Waals surface area contributed by atoms with Crippen molar-refractivity contribution < 1.29 is 19.1 Å². The normalized spacial score (nSPS) is 10.2. The quantitative estimate of drug-likeness (QED) is 0.746. The molecule has 0 heterocycles. The number of hydrogen-bond acceptors (Lipinski definition) is 2. The Labute approximate surface area is 111 Å². The number of carboxylic acid groups (broad SMARTS) is 1. The summed E-state index contributed by atoms with van der Waals surface area (Å²) in [5.74, 6) is -1.77. The Morgan fingerprint density at radius 2 is 2.00 bits per heavy atom. The van der Waals surface area contributed by atoms with Gasteiger partial charge in [-0.25, -0.2) is 4.39 Å². The number of hydrogen-bond donors (Lipinski definition) is 2. The van der Waals surface area contributed by atoms with Crippen molar-refractivity contribution in [3.63, 3.8) is 0 Å². The van der Waals surface area contributed by atoms with Crippen LogP contribution in [0.5, 0.6) is 0 Å². The third-order valence-corrected chi connectivity index (χ3v) is 2.72. The topological polar surface area (TPSA) is 66.4 Å². The molecule has 0 aromatic heterocycles. The highest BCUT2D eigenvalue weighted by atomic mass is 19.1. The van der Waals surface area contributed by atoms with E-state index in [1.54, 1.807) is 13.0 Å². The van der Waals surface area contributed by atoms with E-state index in [4.69, 9.17) is 5.11 Å². The second-order valence-corrected chi connectivity index (χ2v) is 4.44. The maximum atomic E-state index is 13.5. The third kappa shape index (κ3) is 5.50. The largest absolute Gasteiger partial charge is 0.481 e. The fraction of sp³-hybridized carbons (Fsp3) is 0.429. The minimum atomic E-state index is -0.814. The second kappa shape index (κ2) is 7.51. The van der Waals surface area contributed by atoms with Crippen LogP contribution in [0, 0.1) is 12.7 Å². The van der Waals surface area contributed by atoms with E-state index in [0.29, 0.717) is 19.4 Å². The highest BCUT2D eigenvalue weighted by Crippen LogP contribution is 2.09. The van der Waals surface area contributed by atoms with Crippen molar-refractivity contribution in [3.05, 3.63) is 35.1 Å². The molecular formula is C14H18FNO3. The van der Waals surface area contributed by atoms with Crippen molar-refractivity contribution in [2.24, 2.45) is 0 Å². The first-order chi connectivity index (χ1) is 9.00. The first-order valence-corrected chi connectivity index (χ1v) is 6.27. The summed E-state index contributed by atoms with van der Waals surface area (Å²) in [5.41, 5.74) is 0.804. The third-order valence-electron chi connectivity index (χ3n) is 2.72. The zero-order chi connectivity index (χ0) is 14.3. The van der Waals surface area contributed by atoms with Crippen LogP contribution in [0.2, 0.25) is 0 Å². The van der Waals surface area contributed by atoms with Gasteiger partial charge in [-0.1, -0.05) is 12.5 Å². The number of benzene rings is 1. The SMILES string of the molecule is Cc1ccc(C(=O)NCCCCCC(=O)O)c(F)c1. The Kier molecular flexibility index (Phi) is 5.99. The molecule has 2 N–H and O–H groups in total. The molecule has 1 aromatic carbocycles. The van der Waals surface area contributed by atoms with Gasteiger partial charge in [-0.2, -0.15) is 0 Å². The smallest absolute Gasteiger partial charge is 0.303 e. The first-order valence-electron chi connectivity index (χ1n) is 6.27. The maximum Gasteiger partial charge on any atom is 0.303 e. The Balaban J connectivity index is 2.29. The number of carbonyl (C=O) groups is 2. The lowest BCUT2D eigenvalue weighted by Crippen LogP contribution is -2.25. The average molecular weight is 267 g/mol. The van der Waals surface area contributed by atoms with E-state index in [-0.39, 0.29) is 12.0 Å². The summed E-state index contributed by atoms with van der Waals surface area (Å²) in [7, 11) is 0. The van der Waals surface area contributed by atoms with Gasteiger partial charge in [-0.3, -0.25) is 9.59 Å². The van der Waals surface area contributed by atoms with Crippen LogP contribution in [0.1, 0.15) is 41.6 Å². The number of carboxylic acids is 1. The summed E-state index contributed by atoms with van der Waals surface area (Å²) in [4.78, 5) is 22.0. The zero-order valence-electron chi connectivity index (χ0n) is 10.9. The summed E-state index contributed by atoms with van der Waals surface area (Å²) in [6.07, 6.45) is 2.14. The van der Waals surface area contributed by atoms with E-state index < -0.39 is 17.7 Å². The number of rotatable bonds is 7. The Bertz CT molecular complexity index is 460. The minimum absolute atomic E-state index is 0.0381. The van der Waals surface area contributed by atoms with E-state index in [1.165, 1.54) is 12.1 Å². The van der Waals surface area contributed by atoms with E-state index in [0.717, 1.165) is 12.0 Å². The van der Waals surface area contributed by atoms with Crippen LogP contribution in [0.4, 0.5) is 4.39 Å². The van der Waals surface area contributed by atoms with Gasteiger partial charge in [-0.15, -0.1) is 0 Å². The molecule has 0 aliphatic rings. The lowest BCUT2D eigenvalue weighted by Gasteiger charge is -2.06. The number of halogens is 1. The molecule has 0 saturated heterocycles. The van der Waals surface area contributed by atoms with Crippen LogP contribution >= 0.6 is 0 Å². The fourth-order valence-corrected chi connectivity index (χ4v) is 1.68. The van der Waals surface area contributed by atoms with Crippen LogP contribution in [-0.4, -0.2) is 23.5 Å². The predicted molar refractivity (Wildman–Crippen MR) is 69.6 cm³/mol. The molecule has 0 unspecified atom stereocenters. The Hall–Kier alpha value is -1.91. The lowest BCUT2D eigenvalue weighted by atomic mass is 10.1. The molecule has 4 nitrogen and oxygen atoms in total. The van der Waals surface area contributed by atoms with E-state index >= 15 is 0 Å². The molecule has 1 amide bonds. The molecule has 0 atom stereocenters. The Morgan fingerprint density at radius 1 is 1.26 bits per heavy atom. The highest BCUT2D eigenvalue weighted by molar-refractivity contribution is 5.94. The summed E-state index contributed by atoms with van der Waals surface area (Å²) in [6.45, 7) is 2.18. The summed E-state index contributed by atoms with van der Waals surface area (Å²) in [6, 6.07) is 4.47. The van der Waals surface area contributed by atoms with Gasteiger partial charge in [0, 0.05) is 13.0 Å². The first kappa shape index (κ1) is 15.1. The van der Waals surface area contributed by atoms with Gasteiger partial charge in [0.1, 0.15) is 5.82 Å². The van der Waals surface area contributed by atoms with Gasteiger partial charge < -0.3 is 10.4 Å². The van der Waals surface area contributed by atoms with Crippen LogP contribution in [0.25, 0.3) is 0 Å². The number of carbonyl (C=O) groups excluding carboxylic acids is 1. The molecule has 0 fully saturated rings. The monoisotopic (exact) mass is 267 g/mol. The predicted octanol–water partition coefficient (Wildman–Crippen LogP) is 2.51. The minimum Gasteiger partial charge on any atom is -0.481 e. The molecule has 0 spiro atoms. The Morgan fingerprint density at radius 3 is 2.63 bits per heavy atom. The van der Waals surface area contributed by atoms with Gasteiger partial charge in [0.2, 0.25) is 0 Å². The molecule has 1 rings (SSSR count). The number of nitrogens with one attached hydrogen (secondary N) is 1. The lowest BCUT2D eigenvalue weighted by molar-refractivity contribution is -0.137. The van der Waals surface area contributed by atoms with Crippen LogP contribution in [-0.2, 0) is 4.79 Å². The molecule has 0 radical (unpaired) electrons. The van der Waals surface area contributed by atoms with Crippen molar-refractivity contribution in [2.75, 3.05) is 6.54 Å². The van der Waals surface area contributed by atoms with Gasteiger partial charge >= 0.3 is 5.97 Å². The maximum absolute atomic E-state index is 13.5. The summed E-state index contributed by atoms with van der Waals surface area (Å²) < 4.78 is 13.5.